The summed E-state index contributed by atoms with van der Waals surface area (Å²) in [4.78, 5) is 0. The molecule has 0 unspecified atom stereocenters. The summed E-state index contributed by atoms with van der Waals surface area (Å²) in [6.07, 6.45) is 5.15. The smallest absolute Gasteiger partial charge is 0.126 e. The van der Waals surface area contributed by atoms with Gasteiger partial charge in [-0.25, -0.2) is 0 Å². The van der Waals surface area contributed by atoms with Crippen LogP contribution in [0.3, 0.4) is 0 Å². The van der Waals surface area contributed by atoms with Crippen LogP contribution in [0, 0.1) is 0 Å². The summed E-state index contributed by atoms with van der Waals surface area (Å²) in [7, 11) is 0. The SMILES string of the molecule is C=Cc1ccco1.C=Cn1c2ccccc2c2ccccc21. The van der Waals surface area contributed by atoms with Gasteiger partial charge < -0.3 is 8.98 Å². The van der Waals surface area contributed by atoms with Crippen LogP contribution in [0.25, 0.3) is 34.1 Å². The summed E-state index contributed by atoms with van der Waals surface area (Å²) < 4.78 is 6.99. The van der Waals surface area contributed by atoms with E-state index in [4.69, 9.17) is 4.42 Å². The summed E-state index contributed by atoms with van der Waals surface area (Å²) in [5.41, 5.74) is 2.43. The molecule has 4 aromatic rings. The highest BCUT2D eigenvalue weighted by atomic mass is 16.3. The molecule has 2 aromatic carbocycles. The minimum atomic E-state index is 0.819. The maximum atomic E-state index is 4.86. The molecule has 0 N–H and O–H groups in total. The lowest BCUT2D eigenvalue weighted by Crippen LogP contribution is -1.82. The Balaban J connectivity index is 0.000000174. The molecule has 2 aromatic heterocycles. The molecule has 2 heteroatoms. The van der Waals surface area contributed by atoms with Crippen LogP contribution in [0.5, 0.6) is 0 Å². The van der Waals surface area contributed by atoms with Crippen molar-refractivity contribution in [2.24, 2.45) is 0 Å². The first-order valence-corrected chi connectivity index (χ1v) is 7.11. The maximum absolute atomic E-state index is 4.86. The maximum Gasteiger partial charge on any atom is 0.126 e. The molecule has 0 aliphatic rings. The fourth-order valence-electron chi connectivity index (χ4n) is 2.56. The van der Waals surface area contributed by atoms with E-state index < -0.39 is 0 Å². The molecule has 0 bridgehead atoms. The second-order valence-electron chi connectivity index (χ2n) is 4.81. The fourth-order valence-corrected chi connectivity index (χ4v) is 2.56. The standard InChI is InChI=1S/C14H11N.C6H6O/c1-2-15-13-9-5-3-7-11(13)12-8-4-6-10-14(12)15;1-2-6-4-3-5-7-6/h2-10H,1H2;2-5H,1H2. The van der Waals surface area contributed by atoms with Crippen LogP contribution in [0.15, 0.2) is 84.5 Å². The first-order valence-electron chi connectivity index (χ1n) is 7.11. The summed E-state index contributed by atoms with van der Waals surface area (Å²) in [5.74, 6) is 0.819. The fraction of sp³-hybridized carbons (Fsp3) is 0. The zero-order valence-electron chi connectivity index (χ0n) is 12.3. The molecule has 0 fully saturated rings. The van der Waals surface area contributed by atoms with Gasteiger partial charge in [0.05, 0.1) is 17.3 Å². The number of hydrogen-bond acceptors (Lipinski definition) is 1. The molecule has 0 amide bonds. The molecule has 0 spiro atoms. The van der Waals surface area contributed by atoms with Crippen molar-refractivity contribution in [1.82, 2.24) is 4.57 Å². The zero-order valence-corrected chi connectivity index (χ0v) is 12.3. The molecule has 2 nitrogen and oxygen atoms in total. The second kappa shape index (κ2) is 6.19. The van der Waals surface area contributed by atoms with E-state index in [1.54, 1.807) is 12.3 Å². The summed E-state index contributed by atoms with van der Waals surface area (Å²) in [6.45, 7) is 7.38. The number of rotatable bonds is 2. The third-order valence-electron chi connectivity index (χ3n) is 3.54. The van der Waals surface area contributed by atoms with Gasteiger partial charge in [0.15, 0.2) is 0 Å². The van der Waals surface area contributed by atoms with Crippen LogP contribution in [-0.4, -0.2) is 4.57 Å². The molecule has 0 radical (unpaired) electrons. The molecule has 4 rings (SSSR count). The number of hydrogen-bond donors (Lipinski definition) is 0. The third kappa shape index (κ3) is 2.47. The lowest BCUT2D eigenvalue weighted by atomic mass is 10.2. The Morgan fingerprint density at radius 1 is 0.773 bits per heavy atom. The van der Waals surface area contributed by atoms with Crippen molar-refractivity contribution in [1.29, 1.82) is 0 Å². The van der Waals surface area contributed by atoms with E-state index in [9.17, 15) is 0 Å². The van der Waals surface area contributed by atoms with Crippen LogP contribution in [0.2, 0.25) is 0 Å². The van der Waals surface area contributed by atoms with Gasteiger partial charge in [0.25, 0.3) is 0 Å². The van der Waals surface area contributed by atoms with E-state index in [2.05, 4.69) is 66.3 Å². The van der Waals surface area contributed by atoms with E-state index in [1.165, 1.54) is 21.8 Å². The molecule has 22 heavy (non-hydrogen) atoms. The van der Waals surface area contributed by atoms with Crippen molar-refractivity contribution in [3.05, 3.63) is 85.8 Å². The molecule has 0 aliphatic carbocycles. The van der Waals surface area contributed by atoms with E-state index in [0.29, 0.717) is 0 Å². The third-order valence-corrected chi connectivity index (χ3v) is 3.54. The number of para-hydroxylation sites is 2. The van der Waals surface area contributed by atoms with Gasteiger partial charge in [-0.2, -0.15) is 0 Å². The van der Waals surface area contributed by atoms with Crippen molar-refractivity contribution in [3.8, 4) is 0 Å². The van der Waals surface area contributed by atoms with Gasteiger partial charge in [-0.1, -0.05) is 49.6 Å². The Morgan fingerprint density at radius 2 is 1.36 bits per heavy atom. The average Bonchev–Trinajstić information content (AvgIpc) is 3.21. The van der Waals surface area contributed by atoms with Gasteiger partial charge in [0.2, 0.25) is 0 Å². The highest BCUT2D eigenvalue weighted by Crippen LogP contribution is 2.28. The normalized spacial score (nSPS) is 10.2. The molecular formula is C20H17NO. The van der Waals surface area contributed by atoms with Gasteiger partial charge >= 0.3 is 0 Å². The summed E-state index contributed by atoms with van der Waals surface area (Å²) in [6, 6.07) is 20.5. The molecule has 0 atom stereocenters. The van der Waals surface area contributed by atoms with Crippen molar-refractivity contribution in [3.63, 3.8) is 0 Å². The molecule has 0 saturated heterocycles. The van der Waals surface area contributed by atoms with Gasteiger partial charge in [-0.3, -0.25) is 0 Å². The van der Waals surface area contributed by atoms with Crippen molar-refractivity contribution in [2.75, 3.05) is 0 Å². The van der Waals surface area contributed by atoms with Gasteiger partial charge in [0.1, 0.15) is 5.76 Å². The molecule has 0 aliphatic heterocycles. The predicted molar refractivity (Wildman–Crippen MR) is 94.6 cm³/mol. The van der Waals surface area contributed by atoms with E-state index in [-0.39, 0.29) is 0 Å². The van der Waals surface area contributed by atoms with Crippen LogP contribution in [0.4, 0.5) is 0 Å². The quantitative estimate of drug-likeness (QED) is 0.454. The van der Waals surface area contributed by atoms with Gasteiger partial charge in [-0.05, 0) is 30.3 Å². The number of benzene rings is 2. The number of furan rings is 1. The number of fused-ring (bicyclic) bond motifs is 3. The molecular weight excluding hydrogens is 270 g/mol. The lowest BCUT2D eigenvalue weighted by molar-refractivity contribution is 0.557. The Bertz CT molecular complexity index is 860. The zero-order chi connectivity index (χ0) is 15.4. The summed E-state index contributed by atoms with van der Waals surface area (Å²) in [5, 5.41) is 2.57. The van der Waals surface area contributed by atoms with Crippen LogP contribution in [0.1, 0.15) is 5.76 Å². The molecule has 2 heterocycles. The van der Waals surface area contributed by atoms with Crippen LogP contribution < -0.4 is 0 Å². The number of nitrogens with zero attached hydrogens (tertiary/aromatic N) is 1. The molecule has 0 saturated carbocycles. The lowest BCUT2D eigenvalue weighted by Gasteiger charge is -1.97. The van der Waals surface area contributed by atoms with Crippen molar-refractivity contribution < 1.29 is 4.42 Å². The largest absolute Gasteiger partial charge is 0.465 e. The number of aromatic nitrogens is 1. The Labute approximate surface area is 129 Å². The van der Waals surface area contributed by atoms with E-state index >= 15 is 0 Å². The monoisotopic (exact) mass is 287 g/mol. The minimum Gasteiger partial charge on any atom is -0.465 e. The second-order valence-corrected chi connectivity index (χ2v) is 4.81. The Morgan fingerprint density at radius 3 is 1.77 bits per heavy atom. The van der Waals surface area contributed by atoms with Crippen LogP contribution >= 0.6 is 0 Å². The van der Waals surface area contributed by atoms with Gasteiger partial charge in [0, 0.05) is 17.0 Å². The predicted octanol–water partition coefficient (Wildman–Crippen LogP) is 5.82. The Hall–Kier alpha value is -3.00. The molecule has 108 valence electrons. The Kier molecular flexibility index (Phi) is 3.92. The van der Waals surface area contributed by atoms with Crippen LogP contribution in [-0.2, 0) is 0 Å². The first-order chi connectivity index (χ1) is 10.8. The topological polar surface area (TPSA) is 18.1 Å². The minimum absolute atomic E-state index is 0.819. The van der Waals surface area contributed by atoms with Crippen molar-refractivity contribution in [2.45, 2.75) is 0 Å². The highest BCUT2D eigenvalue weighted by Gasteiger charge is 2.06. The van der Waals surface area contributed by atoms with E-state index in [1.807, 2.05) is 18.3 Å². The summed E-state index contributed by atoms with van der Waals surface area (Å²) >= 11 is 0. The van der Waals surface area contributed by atoms with E-state index in [0.717, 1.165) is 5.76 Å². The van der Waals surface area contributed by atoms with Crippen molar-refractivity contribution >= 4 is 34.1 Å². The first kappa shape index (κ1) is 14.0. The average molecular weight is 287 g/mol. The van der Waals surface area contributed by atoms with Gasteiger partial charge in [-0.15, -0.1) is 0 Å². The highest BCUT2D eigenvalue weighted by molar-refractivity contribution is 6.09.